The predicted molar refractivity (Wildman–Crippen MR) is 247 cm³/mol. The van der Waals surface area contributed by atoms with E-state index in [0.717, 1.165) is 80.5 Å². The number of imide groups is 1. The molecule has 0 spiro atoms. The van der Waals surface area contributed by atoms with E-state index in [1.54, 1.807) is 37.5 Å². The molecule has 0 aliphatic carbocycles. The molecule has 3 aliphatic heterocycles. The fourth-order valence-corrected chi connectivity index (χ4v) is 11.0. The van der Waals surface area contributed by atoms with Gasteiger partial charge in [-0.15, -0.1) is 11.3 Å². The van der Waals surface area contributed by atoms with Crippen LogP contribution in [0.3, 0.4) is 0 Å². The molecule has 2 aromatic carbocycles. The number of nitrogens with one attached hydrogen (secondary N) is 3. The minimum atomic E-state index is -3.71. The van der Waals surface area contributed by atoms with Gasteiger partial charge in [-0.25, -0.2) is 32.7 Å². The zero-order valence-electron chi connectivity index (χ0n) is 36.4. The van der Waals surface area contributed by atoms with E-state index in [9.17, 15) is 18.0 Å². The van der Waals surface area contributed by atoms with E-state index in [0.29, 0.717) is 53.3 Å². The number of carbonyl (C=O) groups is 2. The molecule has 3 N–H and O–H groups in total. The molecule has 332 valence electrons. The van der Waals surface area contributed by atoms with Crippen LogP contribution < -0.4 is 20.3 Å². The number of pyridine rings is 1. The second kappa shape index (κ2) is 18.8. The molecule has 3 fully saturated rings. The average Bonchev–Trinajstić information content (AvgIpc) is 3.93. The van der Waals surface area contributed by atoms with Crippen LogP contribution in [0.1, 0.15) is 101 Å². The summed E-state index contributed by atoms with van der Waals surface area (Å²) < 4.78 is 43.6. The summed E-state index contributed by atoms with van der Waals surface area (Å²) in [6.45, 7) is 13.0. The van der Waals surface area contributed by atoms with Crippen molar-refractivity contribution in [1.82, 2.24) is 30.2 Å². The SMILES string of the molecule is CCCS(=O)(=O)Nc1cccc(-c2nc(C(C)(C)C)sc2-c2ccnc(Nc3cccc(C4CCN(CC[C@@H]5CCN(c6ccc([C@@H]7CCC(=O)NC7=O)cn6)C5)CC4)c3)n2)c1F. The summed E-state index contributed by atoms with van der Waals surface area (Å²) in [5.41, 5.74) is 3.76. The van der Waals surface area contributed by atoms with Crippen LogP contribution in [0.15, 0.2) is 73.1 Å². The van der Waals surface area contributed by atoms with Crippen molar-refractivity contribution in [3.05, 3.63) is 95.0 Å². The highest BCUT2D eigenvalue weighted by molar-refractivity contribution is 7.92. The molecule has 0 unspecified atom stereocenters. The molecule has 0 bridgehead atoms. The first kappa shape index (κ1) is 44.3. The number of hydrogen-bond donors (Lipinski definition) is 3. The van der Waals surface area contributed by atoms with Crippen molar-refractivity contribution in [2.24, 2.45) is 5.92 Å². The van der Waals surface area contributed by atoms with Crippen LogP contribution in [0.2, 0.25) is 0 Å². The van der Waals surface area contributed by atoms with Gasteiger partial charge in [0.15, 0.2) is 5.82 Å². The Morgan fingerprint density at radius 2 is 1.75 bits per heavy atom. The monoisotopic (exact) mass is 893 g/mol. The number of anilines is 4. The lowest BCUT2D eigenvalue weighted by atomic mass is 9.89. The molecule has 2 atom stereocenters. The number of amides is 2. The largest absolute Gasteiger partial charge is 0.356 e. The molecule has 8 rings (SSSR count). The summed E-state index contributed by atoms with van der Waals surface area (Å²) in [7, 11) is -3.71. The summed E-state index contributed by atoms with van der Waals surface area (Å²) in [5.74, 6) is 0.851. The first-order valence-electron chi connectivity index (χ1n) is 22.0. The van der Waals surface area contributed by atoms with Gasteiger partial charge in [0, 0.05) is 48.6 Å². The molecule has 0 radical (unpaired) electrons. The van der Waals surface area contributed by atoms with E-state index < -0.39 is 15.8 Å². The zero-order valence-corrected chi connectivity index (χ0v) is 38.0. The van der Waals surface area contributed by atoms with Crippen LogP contribution in [0, 0.1) is 11.7 Å². The third kappa shape index (κ3) is 10.6. The lowest BCUT2D eigenvalue weighted by Crippen LogP contribution is -2.39. The number of nitrogens with zero attached hydrogens (tertiary/aromatic N) is 6. The van der Waals surface area contributed by atoms with E-state index in [4.69, 9.17) is 15.0 Å². The number of likely N-dealkylation sites (tertiary alicyclic amines) is 1. The minimum Gasteiger partial charge on any atom is -0.356 e. The number of halogens is 1. The standard InChI is InChI=1S/C47H56FN9O4S2/c1-5-26-63(60,61)55-37-11-7-10-36(41(37)48)42-43(62-45(54-42)47(2,3)4)38-16-21-49-46(52-38)51-34-9-6-8-32(27-34)31-19-23-56(24-20-31)22-17-30-18-25-57(29-30)39-14-12-33(28-50-39)35-13-15-40(58)53-44(35)59/h6-12,14,16,21,27-28,30-31,35,55H,5,13,15,17-20,22-26,29H2,1-4H3,(H,49,51,52)(H,53,58,59)/t30-,35+/m1/s1. The molecule has 2 amide bonds. The van der Waals surface area contributed by atoms with Gasteiger partial charge < -0.3 is 15.1 Å². The molecule has 3 aromatic heterocycles. The van der Waals surface area contributed by atoms with Crippen molar-refractivity contribution in [2.45, 2.75) is 89.9 Å². The van der Waals surface area contributed by atoms with E-state index in [2.05, 4.69) is 48.3 Å². The number of piperidine rings is 2. The third-order valence-electron chi connectivity index (χ3n) is 12.2. The number of rotatable bonds is 14. The molecule has 5 aromatic rings. The van der Waals surface area contributed by atoms with Crippen molar-refractivity contribution in [3.8, 4) is 21.8 Å². The molecule has 0 saturated carbocycles. The van der Waals surface area contributed by atoms with Gasteiger partial charge in [0.1, 0.15) is 5.82 Å². The van der Waals surface area contributed by atoms with Crippen LogP contribution in [-0.4, -0.2) is 83.5 Å². The lowest BCUT2D eigenvalue weighted by Gasteiger charge is -2.33. The highest BCUT2D eigenvalue weighted by atomic mass is 32.2. The Morgan fingerprint density at radius 1 is 0.937 bits per heavy atom. The van der Waals surface area contributed by atoms with E-state index in [1.165, 1.54) is 23.0 Å². The maximum Gasteiger partial charge on any atom is 0.234 e. The molecule has 3 saturated heterocycles. The lowest BCUT2D eigenvalue weighted by molar-refractivity contribution is -0.134. The highest BCUT2D eigenvalue weighted by Crippen LogP contribution is 2.42. The minimum absolute atomic E-state index is 0.109. The zero-order chi connectivity index (χ0) is 44.3. The number of carbonyl (C=O) groups excluding carboxylic acids is 2. The van der Waals surface area contributed by atoms with Crippen molar-refractivity contribution in [2.75, 3.05) is 53.4 Å². The number of benzene rings is 2. The van der Waals surface area contributed by atoms with Crippen molar-refractivity contribution < 1.29 is 22.4 Å². The van der Waals surface area contributed by atoms with Crippen LogP contribution in [-0.2, 0) is 25.0 Å². The van der Waals surface area contributed by atoms with Crippen LogP contribution in [0.25, 0.3) is 21.8 Å². The second-order valence-electron chi connectivity index (χ2n) is 18.0. The average molecular weight is 894 g/mol. The molecule has 63 heavy (non-hydrogen) atoms. The summed E-state index contributed by atoms with van der Waals surface area (Å²) >= 11 is 1.44. The maximum atomic E-state index is 16.1. The Balaban J connectivity index is 0.872. The fourth-order valence-electron chi connectivity index (χ4n) is 8.76. The van der Waals surface area contributed by atoms with E-state index in [-0.39, 0.29) is 40.2 Å². The predicted octanol–water partition coefficient (Wildman–Crippen LogP) is 8.61. The van der Waals surface area contributed by atoms with Gasteiger partial charge in [-0.1, -0.05) is 52.0 Å². The quantitative estimate of drug-likeness (QED) is 0.0916. The number of thiazole rings is 1. The first-order chi connectivity index (χ1) is 30.2. The molecular weight excluding hydrogens is 838 g/mol. The number of aromatic nitrogens is 4. The molecule has 6 heterocycles. The van der Waals surface area contributed by atoms with Gasteiger partial charge in [0.05, 0.1) is 38.6 Å². The Labute approximate surface area is 373 Å². The van der Waals surface area contributed by atoms with Gasteiger partial charge in [-0.2, -0.15) is 0 Å². The molecule has 3 aliphatic rings. The third-order valence-corrected chi connectivity index (χ3v) is 15.2. The van der Waals surface area contributed by atoms with E-state index >= 15 is 4.39 Å². The maximum absolute atomic E-state index is 16.1. The van der Waals surface area contributed by atoms with Gasteiger partial charge >= 0.3 is 0 Å². The van der Waals surface area contributed by atoms with Crippen molar-refractivity contribution in [1.29, 1.82) is 0 Å². The number of sulfonamides is 1. The van der Waals surface area contributed by atoms with Gasteiger partial charge in [-0.05, 0) is 118 Å². The molecule has 16 heteroatoms. The topological polar surface area (TPSA) is 162 Å². The van der Waals surface area contributed by atoms with Crippen LogP contribution in [0.4, 0.5) is 27.5 Å². The Hall–Kier alpha value is -5.32. The highest BCUT2D eigenvalue weighted by Gasteiger charge is 2.31. The smallest absolute Gasteiger partial charge is 0.234 e. The summed E-state index contributed by atoms with van der Waals surface area (Å²) in [6, 6.07) is 18.9. The first-order valence-corrected chi connectivity index (χ1v) is 24.5. The van der Waals surface area contributed by atoms with Gasteiger partial charge in [-0.3, -0.25) is 19.6 Å². The van der Waals surface area contributed by atoms with Gasteiger partial charge in [0.2, 0.25) is 27.8 Å². The van der Waals surface area contributed by atoms with Crippen molar-refractivity contribution in [3.63, 3.8) is 0 Å². The molecular formula is C47H56FN9O4S2. The van der Waals surface area contributed by atoms with Crippen LogP contribution in [0.5, 0.6) is 0 Å². The number of hydrogen-bond acceptors (Lipinski definition) is 12. The summed E-state index contributed by atoms with van der Waals surface area (Å²) in [6.07, 6.45) is 9.22. The van der Waals surface area contributed by atoms with Crippen molar-refractivity contribution >= 4 is 56.3 Å². The normalized spacial score (nSPS) is 19.0. The molecule has 13 nitrogen and oxygen atoms in total. The Kier molecular flexibility index (Phi) is 13.2. The summed E-state index contributed by atoms with van der Waals surface area (Å²) in [4.78, 5) is 48.5. The summed E-state index contributed by atoms with van der Waals surface area (Å²) in [5, 5.41) is 6.65. The second-order valence-corrected chi connectivity index (χ2v) is 20.9. The Morgan fingerprint density at radius 3 is 2.49 bits per heavy atom. The van der Waals surface area contributed by atoms with Gasteiger partial charge in [0.25, 0.3) is 0 Å². The van der Waals surface area contributed by atoms with E-state index in [1.807, 2.05) is 39.0 Å². The Bertz CT molecular complexity index is 2550. The van der Waals surface area contributed by atoms with Crippen LogP contribution >= 0.6 is 11.3 Å². The fraction of sp³-hybridized carbons (Fsp3) is 0.447.